The number of thioether (sulfide) groups is 1. The van der Waals surface area contributed by atoms with Gasteiger partial charge in [0.05, 0.1) is 20.6 Å². The average molecular weight is 463 g/mol. The molecule has 122 valence electrons. The Kier molecular flexibility index (Phi) is 5.57. The molecule has 1 aliphatic rings. The van der Waals surface area contributed by atoms with Crippen LogP contribution in [-0.4, -0.2) is 11.1 Å². The van der Waals surface area contributed by atoms with Gasteiger partial charge in [-0.2, -0.15) is 0 Å². The number of benzene rings is 2. The first-order valence-corrected chi connectivity index (χ1v) is 9.36. The molecule has 3 rings (SSSR count). The average Bonchev–Trinajstić information content (AvgIpc) is 2.84. The van der Waals surface area contributed by atoms with Crippen LogP contribution in [0.5, 0.6) is 0 Å². The SMILES string of the molecule is O=C1NC(=Nc2cccc(Br)c2)S/C1=C/c1cc(Cl)cc(Cl)c1Cl. The quantitative estimate of drug-likeness (QED) is 0.420. The number of amidine groups is 1. The fourth-order valence-electron chi connectivity index (χ4n) is 1.97. The van der Waals surface area contributed by atoms with Crippen LogP contribution in [0.25, 0.3) is 6.08 Å². The van der Waals surface area contributed by atoms with Gasteiger partial charge < -0.3 is 5.32 Å². The summed E-state index contributed by atoms with van der Waals surface area (Å²) in [6, 6.07) is 10.7. The van der Waals surface area contributed by atoms with Crippen molar-refractivity contribution in [3.05, 3.63) is 66.4 Å². The third-order valence-corrected chi connectivity index (χ3v) is 5.44. The lowest BCUT2D eigenvalue weighted by Crippen LogP contribution is -2.19. The van der Waals surface area contributed by atoms with Crippen molar-refractivity contribution in [3.63, 3.8) is 0 Å². The first kappa shape index (κ1) is 17.8. The lowest BCUT2D eigenvalue weighted by molar-refractivity contribution is -0.115. The Balaban J connectivity index is 1.90. The maximum Gasteiger partial charge on any atom is 0.264 e. The molecule has 1 heterocycles. The summed E-state index contributed by atoms with van der Waals surface area (Å²) in [6.45, 7) is 0. The molecule has 0 atom stereocenters. The van der Waals surface area contributed by atoms with Crippen molar-refractivity contribution in [2.75, 3.05) is 0 Å². The molecule has 0 radical (unpaired) electrons. The van der Waals surface area contributed by atoms with Crippen molar-refractivity contribution in [2.24, 2.45) is 4.99 Å². The zero-order chi connectivity index (χ0) is 17.3. The van der Waals surface area contributed by atoms with E-state index < -0.39 is 0 Å². The minimum absolute atomic E-state index is 0.249. The van der Waals surface area contributed by atoms with Crippen LogP contribution >= 0.6 is 62.5 Å². The molecule has 0 unspecified atom stereocenters. The van der Waals surface area contributed by atoms with Crippen LogP contribution in [0.15, 0.2) is 50.8 Å². The molecule has 1 aliphatic heterocycles. The summed E-state index contributed by atoms with van der Waals surface area (Å²) in [5, 5.41) is 4.35. The molecule has 24 heavy (non-hydrogen) atoms. The molecule has 2 aromatic rings. The lowest BCUT2D eigenvalue weighted by atomic mass is 10.2. The number of rotatable bonds is 2. The fourth-order valence-corrected chi connectivity index (χ4v) is 3.86. The molecule has 1 amide bonds. The lowest BCUT2D eigenvalue weighted by Gasteiger charge is -2.02. The van der Waals surface area contributed by atoms with Gasteiger partial charge in [-0.25, -0.2) is 4.99 Å². The molecule has 8 heteroatoms. The third kappa shape index (κ3) is 4.16. The molecule has 2 aromatic carbocycles. The zero-order valence-corrected chi connectivity index (χ0v) is 16.5. The van der Waals surface area contributed by atoms with E-state index in [1.165, 1.54) is 11.8 Å². The van der Waals surface area contributed by atoms with Gasteiger partial charge in [0.2, 0.25) is 0 Å². The summed E-state index contributed by atoms with van der Waals surface area (Å²) in [4.78, 5) is 17.0. The molecular weight excluding hydrogens is 455 g/mol. The van der Waals surface area contributed by atoms with Crippen LogP contribution in [0.3, 0.4) is 0 Å². The molecule has 1 saturated heterocycles. The van der Waals surface area contributed by atoms with Gasteiger partial charge in [-0.3, -0.25) is 4.79 Å². The molecule has 1 N–H and O–H groups in total. The second-order valence-electron chi connectivity index (χ2n) is 4.75. The van der Waals surface area contributed by atoms with Gasteiger partial charge in [0, 0.05) is 9.50 Å². The van der Waals surface area contributed by atoms with Gasteiger partial charge in [-0.15, -0.1) is 0 Å². The predicted octanol–water partition coefficient (Wildman–Crippen LogP) is 6.30. The highest BCUT2D eigenvalue weighted by molar-refractivity contribution is 9.10. The number of nitrogens with zero attached hydrogens (tertiary/aromatic N) is 1. The maximum atomic E-state index is 12.1. The number of carbonyl (C=O) groups excluding carboxylic acids is 1. The third-order valence-electron chi connectivity index (χ3n) is 3.00. The Hall–Kier alpha value is -0.980. The number of hydrogen-bond donors (Lipinski definition) is 1. The van der Waals surface area contributed by atoms with Gasteiger partial charge >= 0.3 is 0 Å². The smallest absolute Gasteiger partial charge is 0.264 e. The summed E-state index contributed by atoms with van der Waals surface area (Å²) in [5.74, 6) is -0.249. The molecule has 0 bridgehead atoms. The van der Waals surface area contributed by atoms with E-state index in [0.29, 0.717) is 30.7 Å². The van der Waals surface area contributed by atoms with Gasteiger partial charge in [-0.05, 0) is 53.7 Å². The van der Waals surface area contributed by atoms with Crippen molar-refractivity contribution < 1.29 is 4.79 Å². The molecule has 0 spiro atoms. The first-order valence-electron chi connectivity index (χ1n) is 6.62. The van der Waals surface area contributed by atoms with Crippen LogP contribution in [-0.2, 0) is 4.79 Å². The van der Waals surface area contributed by atoms with E-state index >= 15 is 0 Å². The normalized spacial score (nSPS) is 17.6. The van der Waals surface area contributed by atoms with Crippen molar-refractivity contribution in [2.45, 2.75) is 0 Å². The number of halogens is 4. The van der Waals surface area contributed by atoms with Crippen molar-refractivity contribution >= 4 is 85.3 Å². The minimum atomic E-state index is -0.249. The summed E-state index contributed by atoms with van der Waals surface area (Å²) in [6.07, 6.45) is 1.64. The van der Waals surface area contributed by atoms with Crippen LogP contribution < -0.4 is 5.32 Å². The summed E-state index contributed by atoms with van der Waals surface area (Å²) >= 11 is 22.8. The van der Waals surface area contributed by atoms with Crippen LogP contribution in [0.2, 0.25) is 15.1 Å². The number of aliphatic imine (C=N–C) groups is 1. The Labute approximate surface area is 166 Å². The molecular formula is C16H8BrCl3N2OS. The van der Waals surface area contributed by atoms with E-state index in [0.717, 1.165) is 10.2 Å². The van der Waals surface area contributed by atoms with E-state index in [1.807, 2.05) is 24.3 Å². The van der Waals surface area contributed by atoms with Gasteiger partial charge in [-0.1, -0.05) is 56.8 Å². The van der Waals surface area contributed by atoms with Gasteiger partial charge in [0.1, 0.15) is 0 Å². The Morgan fingerprint density at radius 1 is 1.17 bits per heavy atom. The molecule has 1 fully saturated rings. The highest BCUT2D eigenvalue weighted by Crippen LogP contribution is 2.34. The first-order chi connectivity index (χ1) is 11.4. The van der Waals surface area contributed by atoms with Crippen molar-refractivity contribution in [3.8, 4) is 0 Å². The van der Waals surface area contributed by atoms with E-state index in [1.54, 1.807) is 18.2 Å². The summed E-state index contributed by atoms with van der Waals surface area (Å²) in [5.41, 5.74) is 1.31. The highest BCUT2D eigenvalue weighted by Gasteiger charge is 2.24. The fraction of sp³-hybridized carbons (Fsp3) is 0. The molecule has 0 saturated carbocycles. The second-order valence-corrected chi connectivity index (χ2v) is 7.92. The monoisotopic (exact) mass is 460 g/mol. The molecule has 3 nitrogen and oxygen atoms in total. The standard InChI is InChI=1S/C16H8BrCl3N2OS/c17-9-2-1-3-11(6-9)21-16-22-15(23)13(24-16)5-8-4-10(18)7-12(19)14(8)20/h1-7H,(H,21,22,23)/b13-5+. The number of amides is 1. The van der Waals surface area contributed by atoms with Gasteiger partial charge in [0.15, 0.2) is 5.17 Å². The topological polar surface area (TPSA) is 41.5 Å². The number of hydrogen-bond acceptors (Lipinski definition) is 3. The van der Waals surface area contributed by atoms with Gasteiger partial charge in [0.25, 0.3) is 5.91 Å². The number of carbonyl (C=O) groups is 1. The predicted molar refractivity (Wildman–Crippen MR) is 106 cm³/mol. The van der Waals surface area contributed by atoms with Crippen LogP contribution in [0, 0.1) is 0 Å². The highest BCUT2D eigenvalue weighted by atomic mass is 79.9. The van der Waals surface area contributed by atoms with E-state index in [9.17, 15) is 4.79 Å². The largest absolute Gasteiger partial charge is 0.300 e. The Morgan fingerprint density at radius 2 is 1.96 bits per heavy atom. The van der Waals surface area contributed by atoms with E-state index in [4.69, 9.17) is 34.8 Å². The van der Waals surface area contributed by atoms with Crippen LogP contribution in [0.4, 0.5) is 5.69 Å². The second kappa shape index (κ2) is 7.50. The Morgan fingerprint density at radius 3 is 2.71 bits per heavy atom. The number of nitrogens with one attached hydrogen (secondary N) is 1. The molecule has 0 aromatic heterocycles. The summed E-state index contributed by atoms with van der Waals surface area (Å²) in [7, 11) is 0. The summed E-state index contributed by atoms with van der Waals surface area (Å²) < 4.78 is 0.912. The minimum Gasteiger partial charge on any atom is -0.300 e. The zero-order valence-electron chi connectivity index (χ0n) is 11.8. The van der Waals surface area contributed by atoms with Crippen LogP contribution in [0.1, 0.15) is 5.56 Å². The van der Waals surface area contributed by atoms with E-state index in [-0.39, 0.29) is 5.91 Å². The maximum absolute atomic E-state index is 12.1. The molecule has 0 aliphatic carbocycles. The van der Waals surface area contributed by atoms with E-state index in [2.05, 4.69) is 26.2 Å². The van der Waals surface area contributed by atoms with Crippen molar-refractivity contribution in [1.82, 2.24) is 5.32 Å². The Bertz CT molecular complexity index is 899. The van der Waals surface area contributed by atoms with Crippen molar-refractivity contribution in [1.29, 1.82) is 0 Å².